The van der Waals surface area contributed by atoms with E-state index in [1.54, 1.807) is 25.5 Å². The molecule has 1 atom stereocenters. The topological polar surface area (TPSA) is 64.0 Å². The first kappa shape index (κ1) is 19.9. The number of alkyl halides is 1. The SMILES string of the molecule is COc1ccc(CNc2cc(C3=CC=CNC3F)nc3c(C)nn(C(C)C)c23)cc1. The molecule has 156 valence electrons. The third-order valence-corrected chi connectivity index (χ3v) is 5.14. The number of rotatable bonds is 6. The maximum atomic E-state index is 14.5. The zero-order valence-electron chi connectivity index (χ0n) is 17.6. The average Bonchev–Trinajstić information content (AvgIpc) is 3.10. The summed E-state index contributed by atoms with van der Waals surface area (Å²) in [5.74, 6) is 0.819. The van der Waals surface area contributed by atoms with Crippen molar-refractivity contribution >= 4 is 22.3 Å². The molecule has 2 aromatic heterocycles. The minimum Gasteiger partial charge on any atom is -0.497 e. The molecule has 0 aliphatic carbocycles. The molecule has 0 saturated heterocycles. The Morgan fingerprint density at radius 3 is 2.70 bits per heavy atom. The van der Waals surface area contributed by atoms with Crippen molar-refractivity contribution in [1.29, 1.82) is 0 Å². The fourth-order valence-electron chi connectivity index (χ4n) is 3.56. The number of fused-ring (bicyclic) bond motifs is 1. The predicted molar refractivity (Wildman–Crippen MR) is 118 cm³/mol. The van der Waals surface area contributed by atoms with Crippen molar-refractivity contribution in [2.24, 2.45) is 0 Å². The Balaban J connectivity index is 1.78. The Hall–Kier alpha value is -3.35. The van der Waals surface area contributed by atoms with Gasteiger partial charge in [-0.25, -0.2) is 9.37 Å². The first-order valence-electron chi connectivity index (χ1n) is 10.0. The van der Waals surface area contributed by atoms with Crippen LogP contribution in [0.5, 0.6) is 5.75 Å². The van der Waals surface area contributed by atoms with Crippen LogP contribution in [0.2, 0.25) is 0 Å². The summed E-state index contributed by atoms with van der Waals surface area (Å²) in [7, 11) is 1.65. The molecule has 0 fully saturated rings. The first-order chi connectivity index (χ1) is 14.5. The first-order valence-corrected chi connectivity index (χ1v) is 10.0. The molecule has 3 aromatic rings. The standard InChI is InChI=1S/C23H26FN5O/c1-14(2)29-22-20(26-13-16-7-9-17(30-4)10-8-16)12-19(27-21(22)15(3)28-29)18-6-5-11-25-23(18)24/h5-12,14,23,25H,13H2,1-4H3,(H,26,27). The van der Waals surface area contributed by atoms with Crippen LogP contribution < -0.4 is 15.4 Å². The number of ether oxygens (including phenoxy) is 1. The van der Waals surface area contributed by atoms with E-state index in [0.717, 1.165) is 33.7 Å². The van der Waals surface area contributed by atoms with Gasteiger partial charge < -0.3 is 15.4 Å². The van der Waals surface area contributed by atoms with E-state index in [1.807, 2.05) is 41.9 Å². The lowest BCUT2D eigenvalue weighted by atomic mass is 10.1. The summed E-state index contributed by atoms with van der Waals surface area (Å²) in [6.45, 7) is 6.72. The highest BCUT2D eigenvalue weighted by Crippen LogP contribution is 2.32. The van der Waals surface area contributed by atoms with E-state index in [1.165, 1.54) is 0 Å². The van der Waals surface area contributed by atoms with Crippen molar-refractivity contribution in [1.82, 2.24) is 20.1 Å². The molecular weight excluding hydrogens is 381 g/mol. The number of methoxy groups -OCH3 is 1. The number of allylic oxidation sites excluding steroid dienone is 2. The smallest absolute Gasteiger partial charge is 0.197 e. The third-order valence-electron chi connectivity index (χ3n) is 5.14. The van der Waals surface area contributed by atoms with E-state index in [2.05, 4.69) is 29.6 Å². The number of hydrogen-bond donors (Lipinski definition) is 2. The van der Waals surface area contributed by atoms with Gasteiger partial charge in [0.15, 0.2) is 6.30 Å². The van der Waals surface area contributed by atoms with E-state index < -0.39 is 6.30 Å². The molecule has 0 saturated carbocycles. The van der Waals surface area contributed by atoms with Gasteiger partial charge in [0.25, 0.3) is 0 Å². The highest BCUT2D eigenvalue weighted by molar-refractivity contribution is 5.92. The summed E-state index contributed by atoms with van der Waals surface area (Å²) in [5.41, 5.74) is 5.61. The second-order valence-electron chi connectivity index (χ2n) is 7.59. The molecule has 1 aromatic carbocycles. The monoisotopic (exact) mass is 407 g/mol. The molecule has 4 rings (SSSR count). The molecule has 3 heterocycles. The van der Waals surface area contributed by atoms with Gasteiger partial charge in [0, 0.05) is 18.2 Å². The average molecular weight is 407 g/mol. The van der Waals surface area contributed by atoms with E-state index in [0.29, 0.717) is 17.8 Å². The molecule has 6 nitrogen and oxygen atoms in total. The Morgan fingerprint density at radius 1 is 1.27 bits per heavy atom. The number of nitrogens with zero attached hydrogens (tertiary/aromatic N) is 3. The Morgan fingerprint density at radius 2 is 2.03 bits per heavy atom. The zero-order valence-corrected chi connectivity index (χ0v) is 17.6. The molecule has 30 heavy (non-hydrogen) atoms. The number of dihydropyridines is 1. The lowest BCUT2D eigenvalue weighted by Gasteiger charge is -2.18. The highest BCUT2D eigenvalue weighted by atomic mass is 19.1. The summed E-state index contributed by atoms with van der Waals surface area (Å²) < 4.78 is 21.7. The van der Waals surface area contributed by atoms with E-state index in [9.17, 15) is 4.39 Å². The number of nitrogens with one attached hydrogen (secondary N) is 2. The van der Waals surface area contributed by atoms with Crippen molar-refractivity contribution in [3.63, 3.8) is 0 Å². The van der Waals surface area contributed by atoms with Crippen LogP contribution in [0.25, 0.3) is 16.6 Å². The van der Waals surface area contributed by atoms with Crippen LogP contribution in [0, 0.1) is 6.92 Å². The van der Waals surface area contributed by atoms with Gasteiger partial charge in [-0.2, -0.15) is 5.10 Å². The summed E-state index contributed by atoms with van der Waals surface area (Å²) in [6, 6.07) is 9.99. The highest BCUT2D eigenvalue weighted by Gasteiger charge is 2.22. The normalized spacial score (nSPS) is 15.9. The number of pyridine rings is 1. The van der Waals surface area contributed by atoms with Crippen molar-refractivity contribution < 1.29 is 9.13 Å². The van der Waals surface area contributed by atoms with Crippen LogP contribution >= 0.6 is 0 Å². The van der Waals surface area contributed by atoms with Gasteiger partial charge in [-0.15, -0.1) is 0 Å². The van der Waals surface area contributed by atoms with E-state index in [4.69, 9.17) is 9.72 Å². The van der Waals surface area contributed by atoms with Crippen LogP contribution in [0.1, 0.15) is 36.8 Å². The molecule has 0 spiro atoms. The van der Waals surface area contributed by atoms with Gasteiger partial charge in [-0.05, 0) is 56.8 Å². The summed E-state index contributed by atoms with van der Waals surface area (Å²) in [4.78, 5) is 4.77. The number of benzene rings is 1. The van der Waals surface area contributed by atoms with Crippen LogP contribution in [0.15, 0.2) is 48.7 Å². The fraction of sp³-hybridized carbons (Fsp3) is 0.304. The zero-order chi connectivity index (χ0) is 21.3. The van der Waals surface area contributed by atoms with Crippen LogP contribution in [-0.4, -0.2) is 28.2 Å². The second kappa shape index (κ2) is 8.18. The Bertz CT molecular complexity index is 1110. The molecule has 0 bridgehead atoms. The molecule has 1 unspecified atom stereocenters. The summed E-state index contributed by atoms with van der Waals surface area (Å²) in [6.07, 6.45) is 3.84. The van der Waals surface area contributed by atoms with Gasteiger partial charge in [0.2, 0.25) is 0 Å². The van der Waals surface area contributed by atoms with Crippen LogP contribution in [-0.2, 0) is 6.54 Å². The minimum absolute atomic E-state index is 0.169. The van der Waals surface area contributed by atoms with Gasteiger partial charge in [-0.1, -0.05) is 18.2 Å². The lowest BCUT2D eigenvalue weighted by molar-refractivity contribution is 0.376. The molecule has 7 heteroatoms. The maximum absolute atomic E-state index is 14.5. The quantitative estimate of drug-likeness (QED) is 0.578. The fourth-order valence-corrected chi connectivity index (χ4v) is 3.56. The number of halogens is 1. The third kappa shape index (κ3) is 3.75. The lowest BCUT2D eigenvalue weighted by Crippen LogP contribution is -2.23. The number of aromatic nitrogens is 3. The van der Waals surface area contributed by atoms with E-state index in [-0.39, 0.29) is 6.04 Å². The largest absolute Gasteiger partial charge is 0.497 e. The van der Waals surface area contributed by atoms with Crippen LogP contribution in [0.4, 0.5) is 10.1 Å². The summed E-state index contributed by atoms with van der Waals surface area (Å²) >= 11 is 0. The van der Waals surface area contributed by atoms with Crippen molar-refractivity contribution in [2.75, 3.05) is 12.4 Å². The number of aryl methyl sites for hydroxylation is 1. The van der Waals surface area contributed by atoms with Crippen molar-refractivity contribution in [2.45, 2.75) is 39.7 Å². The van der Waals surface area contributed by atoms with E-state index >= 15 is 0 Å². The maximum Gasteiger partial charge on any atom is 0.197 e. The molecule has 0 radical (unpaired) electrons. The predicted octanol–water partition coefficient (Wildman–Crippen LogP) is 4.74. The number of anilines is 1. The minimum atomic E-state index is -1.30. The molecular formula is C23H26FN5O. The molecule has 2 N–H and O–H groups in total. The van der Waals surface area contributed by atoms with Crippen molar-refractivity contribution in [3.8, 4) is 5.75 Å². The van der Waals surface area contributed by atoms with Crippen LogP contribution in [0.3, 0.4) is 0 Å². The molecule has 1 aliphatic rings. The molecule has 0 amide bonds. The van der Waals surface area contributed by atoms with Crippen molar-refractivity contribution in [3.05, 3.63) is 65.6 Å². The number of hydrogen-bond acceptors (Lipinski definition) is 5. The van der Waals surface area contributed by atoms with Gasteiger partial charge in [-0.3, -0.25) is 4.68 Å². The Labute approximate surface area is 175 Å². The molecule has 1 aliphatic heterocycles. The second-order valence-corrected chi connectivity index (χ2v) is 7.59. The van der Waals surface area contributed by atoms with Gasteiger partial charge >= 0.3 is 0 Å². The Kier molecular flexibility index (Phi) is 5.44. The van der Waals surface area contributed by atoms with Gasteiger partial charge in [0.05, 0.1) is 24.2 Å². The van der Waals surface area contributed by atoms with Gasteiger partial charge in [0.1, 0.15) is 16.8 Å². The summed E-state index contributed by atoms with van der Waals surface area (Å²) in [5, 5.41) is 10.9.